The highest BCUT2D eigenvalue weighted by molar-refractivity contribution is 5.73. The van der Waals surface area contributed by atoms with Gasteiger partial charge in [-0.3, -0.25) is 9.78 Å². The molecule has 1 N–H and O–H groups in total. The van der Waals surface area contributed by atoms with Crippen LogP contribution in [0.5, 0.6) is 0 Å². The summed E-state index contributed by atoms with van der Waals surface area (Å²) in [6, 6.07) is 8.53. The Hall–Kier alpha value is -2.63. The van der Waals surface area contributed by atoms with Crippen molar-refractivity contribution < 1.29 is 4.42 Å². The lowest BCUT2D eigenvalue weighted by molar-refractivity contribution is 0.553. The van der Waals surface area contributed by atoms with Crippen LogP contribution in [0.3, 0.4) is 0 Å². The van der Waals surface area contributed by atoms with Gasteiger partial charge < -0.3 is 4.42 Å². The summed E-state index contributed by atoms with van der Waals surface area (Å²) in [6.07, 6.45) is 1.33. The molecule has 0 atom stereocenters. The molecular weight excluding hydrogens is 222 g/mol. The van der Waals surface area contributed by atoms with E-state index in [1.807, 2.05) is 12.1 Å². The molecule has 6 nitrogen and oxygen atoms in total. The molecule has 0 saturated heterocycles. The molecule has 2 aromatic heterocycles. The fourth-order valence-electron chi connectivity index (χ4n) is 1.53. The molecule has 0 bridgehead atoms. The quantitative estimate of drug-likeness (QED) is 0.664. The number of hydrogen-bond acceptors (Lipinski definition) is 4. The van der Waals surface area contributed by atoms with E-state index < -0.39 is 11.2 Å². The van der Waals surface area contributed by atoms with Gasteiger partial charge in [0.2, 0.25) is 0 Å². The standard InChI is InChI=1S/C11H7N3O3/c15-9-5-6-14(10(16)13-9)11-12-7-3-1-2-4-8(7)17-11/h1-6H,(H,13,15,16). The Morgan fingerprint density at radius 2 is 2.00 bits per heavy atom. The van der Waals surface area contributed by atoms with Crippen LogP contribution >= 0.6 is 0 Å². The van der Waals surface area contributed by atoms with Gasteiger partial charge in [-0.1, -0.05) is 12.1 Å². The maximum Gasteiger partial charge on any atom is 0.336 e. The number of nitrogens with one attached hydrogen (secondary N) is 1. The van der Waals surface area contributed by atoms with Gasteiger partial charge in [0.25, 0.3) is 5.56 Å². The van der Waals surface area contributed by atoms with Crippen molar-refractivity contribution in [2.24, 2.45) is 0 Å². The summed E-state index contributed by atoms with van der Waals surface area (Å²) in [4.78, 5) is 28.7. The van der Waals surface area contributed by atoms with E-state index in [0.29, 0.717) is 11.1 Å². The van der Waals surface area contributed by atoms with E-state index in [1.165, 1.54) is 12.3 Å². The lowest BCUT2D eigenvalue weighted by atomic mass is 10.3. The molecule has 0 amide bonds. The normalized spacial score (nSPS) is 10.8. The van der Waals surface area contributed by atoms with E-state index in [9.17, 15) is 9.59 Å². The third-order valence-electron chi connectivity index (χ3n) is 2.31. The molecule has 2 heterocycles. The van der Waals surface area contributed by atoms with Gasteiger partial charge in [0, 0.05) is 12.3 Å². The number of oxazole rings is 1. The zero-order valence-electron chi connectivity index (χ0n) is 8.58. The summed E-state index contributed by atoms with van der Waals surface area (Å²) in [6.45, 7) is 0. The summed E-state index contributed by atoms with van der Waals surface area (Å²) in [7, 11) is 0. The van der Waals surface area contributed by atoms with Crippen LogP contribution in [0, 0.1) is 0 Å². The van der Waals surface area contributed by atoms with Crippen LogP contribution in [0.4, 0.5) is 0 Å². The summed E-state index contributed by atoms with van der Waals surface area (Å²) in [5, 5.41) is 0. The van der Waals surface area contributed by atoms with E-state index in [1.54, 1.807) is 12.1 Å². The third-order valence-corrected chi connectivity index (χ3v) is 2.31. The Morgan fingerprint density at radius 3 is 2.76 bits per heavy atom. The van der Waals surface area contributed by atoms with Crippen molar-refractivity contribution in [2.75, 3.05) is 0 Å². The highest BCUT2D eigenvalue weighted by Crippen LogP contribution is 2.15. The molecule has 17 heavy (non-hydrogen) atoms. The van der Waals surface area contributed by atoms with Crippen molar-refractivity contribution in [3.05, 3.63) is 57.4 Å². The van der Waals surface area contributed by atoms with Crippen molar-refractivity contribution in [1.29, 1.82) is 0 Å². The molecule has 0 aliphatic heterocycles. The highest BCUT2D eigenvalue weighted by atomic mass is 16.4. The van der Waals surface area contributed by atoms with Crippen LogP contribution in [0.2, 0.25) is 0 Å². The molecule has 0 saturated carbocycles. The highest BCUT2D eigenvalue weighted by Gasteiger charge is 2.08. The van der Waals surface area contributed by atoms with Gasteiger partial charge in [-0.25, -0.2) is 9.36 Å². The molecule has 0 fully saturated rings. The average Bonchev–Trinajstić information content (AvgIpc) is 2.72. The minimum atomic E-state index is -0.580. The summed E-state index contributed by atoms with van der Waals surface area (Å²) < 4.78 is 6.54. The second-order valence-corrected chi connectivity index (χ2v) is 3.44. The van der Waals surface area contributed by atoms with Gasteiger partial charge in [0.1, 0.15) is 5.52 Å². The number of nitrogens with zero attached hydrogens (tertiary/aromatic N) is 2. The first-order chi connectivity index (χ1) is 8.24. The average molecular weight is 229 g/mol. The molecular formula is C11H7N3O3. The molecule has 0 radical (unpaired) electrons. The van der Waals surface area contributed by atoms with Gasteiger partial charge in [-0.15, -0.1) is 0 Å². The van der Waals surface area contributed by atoms with E-state index >= 15 is 0 Å². The fraction of sp³-hybridized carbons (Fsp3) is 0. The predicted octanol–water partition coefficient (Wildman–Crippen LogP) is 0.667. The summed E-state index contributed by atoms with van der Waals surface area (Å²) in [5.41, 5.74) is 0.201. The number of fused-ring (bicyclic) bond motifs is 1. The molecule has 0 aliphatic rings. The van der Waals surface area contributed by atoms with Crippen molar-refractivity contribution in [1.82, 2.24) is 14.5 Å². The first-order valence-corrected chi connectivity index (χ1v) is 4.92. The molecule has 84 valence electrons. The maximum atomic E-state index is 11.5. The van der Waals surface area contributed by atoms with Crippen molar-refractivity contribution in [3.8, 4) is 6.01 Å². The molecule has 3 aromatic rings. The Morgan fingerprint density at radius 1 is 1.18 bits per heavy atom. The Labute approximate surface area is 94.2 Å². The number of rotatable bonds is 1. The molecule has 1 aromatic carbocycles. The molecule has 0 aliphatic carbocycles. The third kappa shape index (κ3) is 1.55. The second kappa shape index (κ2) is 3.44. The zero-order valence-corrected chi connectivity index (χ0v) is 8.58. The SMILES string of the molecule is O=c1ccn(-c2nc3ccccc3o2)c(=O)[nH]1. The fourth-order valence-corrected chi connectivity index (χ4v) is 1.53. The lowest BCUT2D eigenvalue weighted by Gasteiger charge is -1.95. The van der Waals surface area contributed by atoms with Gasteiger partial charge >= 0.3 is 11.7 Å². The van der Waals surface area contributed by atoms with E-state index in [0.717, 1.165) is 4.57 Å². The summed E-state index contributed by atoms with van der Waals surface area (Å²) >= 11 is 0. The van der Waals surface area contributed by atoms with Crippen molar-refractivity contribution >= 4 is 11.1 Å². The summed E-state index contributed by atoms with van der Waals surface area (Å²) in [5.74, 6) is 0. The van der Waals surface area contributed by atoms with Crippen molar-refractivity contribution in [3.63, 3.8) is 0 Å². The first-order valence-electron chi connectivity index (χ1n) is 4.92. The Bertz CT molecular complexity index is 764. The topological polar surface area (TPSA) is 80.9 Å². The van der Waals surface area contributed by atoms with Crippen LogP contribution < -0.4 is 11.2 Å². The number of aromatic nitrogens is 3. The minimum absolute atomic E-state index is 0.132. The van der Waals surface area contributed by atoms with E-state index in [2.05, 4.69) is 9.97 Å². The second-order valence-electron chi connectivity index (χ2n) is 3.44. The van der Waals surface area contributed by atoms with Crippen molar-refractivity contribution in [2.45, 2.75) is 0 Å². The van der Waals surface area contributed by atoms with Gasteiger partial charge in [0.05, 0.1) is 0 Å². The zero-order chi connectivity index (χ0) is 11.8. The molecule has 0 spiro atoms. The number of H-pyrrole nitrogens is 1. The number of hydrogen-bond donors (Lipinski definition) is 1. The molecule has 3 rings (SSSR count). The van der Waals surface area contributed by atoms with Crippen LogP contribution in [0.25, 0.3) is 17.1 Å². The first kappa shape index (κ1) is 9.59. The number of para-hydroxylation sites is 2. The largest absolute Gasteiger partial charge is 0.423 e. The van der Waals surface area contributed by atoms with Crippen LogP contribution in [0.1, 0.15) is 0 Å². The van der Waals surface area contributed by atoms with Crippen LogP contribution in [0.15, 0.2) is 50.5 Å². The smallest absolute Gasteiger partial charge is 0.336 e. The van der Waals surface area contributed by atoms with E-state index in [-0.39, 0.29) is 6.01 Å². The van der Waals surface area contributed by atoms with Gasteiger partial charge in [0.15, 0.2) is 5.58 Å². The molecule has 0 unspecified atom stereocenters. The number of aromatic amines is 1. The minimum Gasteiger partial charge on any atom is -0.423 e. The monoisotopic (exact) mass is 229 g/mol. The van der Waals surface area contributed by atoms with Crippen LogP contribution in [-0.4, -0.2) is 14.5 Å². The molecule has 6 heteroatoms. The van der Waals surface area contributed by atoms with Gasteiger partial charge in [-0.05, 0) is 12.1 Å². The lowest BCUT2D eigenvalue weighted by Crippen LogP contribution is -2.27. The van der Waals surface area contributed by atoms with Gasteiger partial charge in [-0.2, -0.15) is 4.98 Å². The predicted molar refractivity (Wildman–Crippen MR) is 60.2 cm³/mol. The Kier molecular flexibility index (Phi) is 1.94. The van der Waals surface area contributed by atoms with Crippen LogP contribution in [-0.2, 0) is 0 Å². The van der Waals surface area contributed by atoms with E-state index in [4.69, 9.17) is 4.42 Å². The maximum absolute atomic E-state index is 11.5. The number of benzene rings is 1. The Balaban J connectivity index is 2.27.